The molecule has 0 bridgehead atoms. The van der Waals surface area contributed by atoms with Gasteiger partial charge in [-0.3, -0.25) is 10.1 Å². The van der Waals surface area contributed by atoms with Crippen molar-refractivity contribution in [2.45, 2.75) is 17.3 Å². The van der Waals surface area contributed by atoms with Crippen LogP contribution in [0.5, 0.6) is 5.75 Å². The van der Waals surface area contributed by atoms with E-state index in [2.05, 4.69) is 0 Å². The Kier molecular flexibility index (Phi) is 5.19. The van der Waals surface area contributed by atoms with E-state index in [0.29, 0.717) is 5.56 Å². The third-order valence-electron chi connectivity index (χ3n) is 2.98. The molecule has 0 aromatic heterocycles. The summed E-state index contributed by atoms with van der Waals surface area (Å²) in [6.45, 7) is -0.216. The highest BCUT2D eigenvalue weighted by molar-refractivity contribution is 7.98. The average molecular weight is 305 g/mol. The predicted molar refractivity (Wildman–Crippen MR) is 81.6 cm³/mol. The van der Waals surface area contributed by atoms with Crippen LogP contribution in [0.1, 0.15) is 11.1 Å². The van der Waals surface area contributed by atoms with Gasteiger partial charge in [-0.25, -0.2) is 0 Å². The molecule has 0 amide bonds. The van der Waals surface area contributed by atoms with Gasteiger partial charge in [0.05, 0.1) is 18.6 Å². The van der Waals surface area contributed by atoms with Gasteiger partial charge < -0.3 is 9.84 Å². The maximum atomic E-state index is 10.7. The summed E-state index contributed by atoms with van der Waals surface area (Å²) >= 11 is 1.54. The van der Waals surface area contributed by atoms with E-state index in [4.69, 9.17) is 4.74 Å². The molecule has 2 aromatic carbocycles. The van der Waals surface area contributed by atoms with E-state index in [1.54, 1.807) is 13.2 Å². The lowest BCUT2D eigenvalue weighted by atomic mass is 10.2. The second-order valence-electron chi connectivity index (χ2n) is 4.34. The number of aliphatic hydroxyl groups excluding tert-OH is 1. The molecule has 0 saturated carbocycles. The van der Waals surface area contributed by atoms with E-state index >= 15 is 0 Å². The maximum absolute atomic E-state index is 10.7. The third-order valence-corrected chi connectivity index (χ3v) is 4.17. The van der Waals surface area contributed by atoms with Crippen molar-refractivity contribution in [3.63, 3.8) is 0 Å². The molecule has 0 unspecified atom stereocenters. The molecule has 0 spiro atoms. The first kappa shape index (κ1) is 15.3. The maximum Gasteiger partial charge on any atom is 0.269 e. The molecule has 110 valence electrons. The topological polar surface area (TPSA) is 72.6 Å². The van der Waals surface area contributed by atoms with Gasteiger partial charge >= 0.3 is 0 Å². The molecule has 0 atom stereocenters. The van der Waals surface area contributed by atoms with Crippen molar-refractivity contribution >= 4 is 17.4 Å². The number of rotatable bonds is 6. The molecule has 21 heavy (non-hydrogen) atoms. The summed E-state index contributed by atoms with van der Waals surface area (Å²) in [4.78, 5) is 11.1. The molecule has 1 N–H and O–H groups in total. The van der Waals surface area contributed by atoms with Crippen molar-refractivity contribution in [3.05, 3.63) is 63.7 Å². The van der Waals surface area contributed by atoms with Crippen molar-refractivity contribution in [1.29, 1.82) is 0 Å². The molecular weight excluding hydrogens is 290 g/mol. The fourth-order valence-corrected chi connectivity index (χ4v) is 2.81. The average Bonchev–Trinajstić information content (AvgIpc) is 2.53. The number of methoxy groups -OCH3 is 1. The Morgan fingerprint density at radius 2 is 1.95 bits per heavy atom. The van der Waals surface area contributed by atoms with Crippen molar-refractivity contribution in [1.82, 2.24) is 0 Å². The quantitative estimate of drug-likeness (QED) is 0.503. The van der Waals surface area contributed by atoms with Crippen molar-refractivity contribution in [2.75, 3.05) is 7.11 Å². The van der Waals surface area contributed by atoms with Crippen LogP contribution >= 0.6 is 11.8 Å². The smallest absolute Gasteiger partial charge is 0.269 e. The number of thioether (sulfide) groups is 1. The van der Waals surface area contributed by atoms with Crippen LogP contribution in [0.15, 0.2) is 47.4 Å². The lowest BCUT2D eigenvalue weighted by Gasteiger charge is -2.07. The molecule has 0 radical (unpaired) electrons. The Hall–Kier alpha value is -2.05. The van der Waals surface area contributed by atoms with E-state index in [-0.39, 0.29) is 12.3 Å². The zero-order chi connectivity index (χ0) is 15.2. The molecule has 0 aliphatic heterocycles. The SMILES string of the molecule is COc1ccc(CSc2ccc([N+](=O)[O-])cc2CO)cc1. The van der Waals surface area contributed by atoms with E-state index in [1.807, 2.05) is 24.3 Å². The van der Waals surface area contributed by atoms with Gasteiger partial charge in [-0.15, -0.1) is 11.8 Å². The summed E-state index contributed by atoms with van der Waals surface area (Å²) < 4.78 is 5.10. The zero-order valence-corrected chi connectivity index (χ0v) is 12.3. The van der Waals surface area contributed by atoms with Gasteiger partial charge in [0, 0.05) is 22.8 Å². The standard InChI is InChI=1S/C15H15NO4S/c1-20-14-5-2-11(3-6-14)10-21-15-7-4-13(16(18)19)8-12(15)9-17/h2-8,17H,9-10H2,1H3. The largest absolute Gasteiger partial charge is 0.497 e. The Morgan fingerprint density at radius 3 is 2.52 bits per heavy atom. The molecule has 6 heteroatoms. The highest BCUT2D eigenvalue weighted by Gasteiger charge is 2.10. The van der Waals surface area contributed by atoms with Gasteiger partial charge in [-0.2, -0.15) is 0 Å². The molecule has 0 saturated heterocycles. The third kappa shape index (κ3) is 3.96. The number of nitrogens with zero attached hydrogens (tertiary/aromatic N) is 1. The lowest BCUT2D eigenvalue weighted by molar-refractivity contribution is -0.385. The Labute approximate surface area is 126 Å². The minimum Gasteiger partial charge on any atom is -0.497 e. The molecule has 0 fully saturated rings. The Bertz CT molecular complexity index is 628. The molecule has 2 aromatic rings. The van der Waals surface area contributed by atoms with Crippen LogP contribution in [-0.4, -0.2) is 17.1 Å². The number of hydrogen-bond donors (Lipinski definition) is 1. The molecule has 0 aliphatic rings. The fraction of sp³-hybridized carbons (Fsp3) is 0.200. The first-order valence-corrected chi connectivity index (χ1v) is 7.26. The Balaban J connectivity index is 2.09. The highest BCUT2D eigenvalue weighted by Crippen LogP contribution is 2.29. The van der Waals surface area contributed by atoms with E-state index < -0.39 is 4.92 Å². The second kappa shape index (κ2) is 7.10. The minimum atomic E-state index is -0.461. The number of aliphatic hydroxyl groups is 1. The molecule has 0 heterocycles. The van der Waals surface area contributed by atoms with Crippen molar-refractivity contribution in [2.24, 2.45) is 0 Å². The normalized spacial score (nSPS) is 10.4. The monoisotopic (exact) mass is 305 g/mol. The van der Waals surface area contributed by atoms with Gasteiger partial charge in [0.2, 0.25) is 0 Å². The second-order valence-corrected chi connectivity index (χ2v) is 5.36. The van der Waals surface area contributed by atoms with E-state index in [1.165, 1.54) is 23.9 Å². The number of non-ortho nitro benzene ring substituents is 1. The number of nitro benzene ring substituents is 1. The fourth-order valence-electron chi connectivity index (χ4n) is 1.83. The van der Waals surface area contributed by atoms with Crippen LogP contribution in [0.4, 0.5) is 5.69 Å². The summed E-state index contributed by atoms with van der Waals surface area (Å²) in [6, 6.07) is 12.3. The lowest BCUT2D eigenvalue weighted by Crippen LogP contribution is -1.93. The summed E-state index contributed by atoms with van der Waals surface area (Å²) in [6.07, 6.45) is 0. The zero-order valence-electron chi connectivity index (χ0n) is 11.5. The number of benzene rings is 2. The predicted octanol–water partition coefficient (Wildman–Crippen LogP) is 3.39. The van der Waals surface area contributed by atoms with Gasteiger partial charge in [0.15, 0.2) is 0 Å². The summed E-state index contributed by atoms with van der Waals surface area (Å²) in [5, 5.41) is 20.1. The van der Waals surface area contributed by atoms with Crippen LogP contribution in [0.25, 0.3) is 0 Å². The first-order chi connectivity index (χ1) is 10.1. The summed E-state index contributed by atoms with van der Waals surface area (Å²) in [5.41, 5.74) is 1.68. The summed E-state index contributed by atoms with van der Waals surface area (Å²) in [7, 11) is 1.62. The van der Waals surface area contributed by atoms with Gasteiger partial charge in [-0.05, 0) is 29.3 Å². The minimum absolute atomic E-state index is 0.00662. The molecule has 5 nitrogen and oxygen atoms in total. The van der Waals surface area contributed by atoms with Crippen LogP contribution < -0.4 is 4.74 Å². The van der Waals surface area contributed by atoms with Crippen LogP contribution in [-0.2, 0) is 12.4 Å². The highest BCUT2D eigenvalue weighted by atomic mass is 32.2. The molecule has 2 rings (SSSR count). The first-order valence-electron chi connectivity index (χ1n) is 6.28. The van der Waals surface area contributed by atoms with Crippen molar-refractivity contribution in [3.8, 4) is 5.75 Å². The van der Waals surface area contributed by atoms with Crippen LogP contribution in [0, 0.1) is 10.1 Å². The van der Waals surface area contributed by atoms with Gasteiger partial charge in [0.1, 0.15) is 5.75 Å². The molecule has 0 aliphatic carbocycles. The number of hydrogen-bond acceptors (Lipinski definition) is 5. The van der Waals surface area contributed by atoms with Crippen molar-refractivity contribution < 1.29 is 14.8 Å². The van der Waals surface area contributed by atoms with E-state index in [9.17, 15) is 15.2 Å². The van der Waals surface area contributed by atoms with Gasteiger partial charge in [0.25, 0.3) is 5.69 Å². The van der Waals surface area contributed by atoms with Crippen LogP contribution in [0.2, 0.25) is 0 Å². The number of nitro groups is 1. The van der Waals surface area contributed by atoms with Crippen LogP contribution in [0.3, 0.4) is 0 Å². The van der Waals surface area contributed by atoms with Gasteiger partial charge in [-0.1, -0.05) is 12.1 Å². The molecular formula is C15H15NO4S. The summed E-state index contributed by atoms with van der Waals surface area (Å²) in [5.74, 6) is 1.52. The Morgan fingerprint density at radius 1 is 1.24 bits per heavy atom. The van der Waals surface area contributed by atoms with E-state index in [0.717, 1.165) is 22.0 Å². The number of ether oxygens (including phenoxy) is 1.